The quantitative estimate of drug-likeness (QED) is 0.140. The SMILES string of the molecule is [C-]#[N+]c1cc(C#N)cc(-c2ccc3c(c2)c2cc(-c4cc([N+]#[C-])cc([N+]#[C-])c4)ccc2n3-c2ccc(-c3ccc(C#N)cc3C(F)(F)F)cc2-c2ccc([N+]#[C-])cc2-n2c3ccc(-c4cc(C#N)cc([N+]#[C-])c4)cc3c3cc(-c4cc(C#N)cc([N+]#[C-])c4)ccc32)c1. The Morgan fingerprint density at radius 1 is 0.283 bits per heavy atom. The zero-order valence-corrected chi connectivity index (χ0v) is 47.6. The summed E-state index contributed by atoms with van der Waals surface area (Å²) in [5.74, 6) is 0. The van der Waals surface area contributed by atoms with E-state index >= 15 is 13.2 Å². The number of hydrogen-bond donors (Lipinski definition) is 0. The topological polar surface area (TPSA) is 131 Å². The molecule has 0 spiro atoms. The van der Waals surface area contributed by atoms with Gasteiger partial charge in [-0.1, -0.05) is 66.7 Å². The molecule has 0 atom stereocenters. The first-order chi connectivity index (χ1) is 44.7. The van der Waals surface area contributed by atoms with Crippen molar-refractivity contribution in [1.82, 2.24) is 9.13 Å². The van der Waals surface area contributed by atoms with Crippen LogP contribution in [0, 0.1) is 84.8 Å². The maximum atomic E-state index is 15.4. The van der Waals surface area contributed by atoms with Crippen LogP contribution in [0.2, 0.25) is 0 Å². The summed E-state index contributed by atoms with van der Waals surface area (Å²) < 4.78 is 50.2. The Bertz CT molecular complexity index is 5510. The number of alkyl halides is 3. The van der Waals surface area contributed by atoms with Gasteiger partial charge in [0.1, 0.15) is 0 Å². The summed E-state index contributed by atoms with van der Waals surface area (Å²) in [7, 11) is 0. The molecule has 12 nitrogen and oxygen atoms in total. The molecule has 11 aromatic carbocycles. The largest absolute Gasteiger partial charge is 0.417 e. The van der Waals surface area contributed by atoms with Crippen molar-refractivity contribution in [2.75, 3.05) is 0 Å². The van der Waals surface area contributed by atoms with E-state index in [1.165, 1.54) is 36.4 Å². The third-order valence-corrected chi connectivity index (χ3v) is 16.2. The Kier molecular flexibility index (Phi) is 13.9. The summed E-state index contributed by atoms with van der Waals surface area (Å²) in [6, 6.07) is 64.2. The predicted octanol–water partition coefficient (Wildman–Crippen LogP) is 21.7. The average molecular weight is 1180 g/mol. The first-order valence-corrected chi connectivity index (χ1v) is 27.8. The van der Waals surface area contributed by atoms with Crippen LogP contribution < -0.4 is 0 Å². The van der Waals surface area contributed by atoms with E-state index in [4.69, 9.17) is 39.4 Å². The Balaban J connectivity index is 1.14. The van der Waals surface area contributed by atoms with Crippen LogP contribution in [0.1, 0.15) is 27.8 Å². The summed E-state index contributed by atoms with van der Waals surface area (Å²) in [6.45, 7) is 47.7. The average Bonchev–Trinajstić information content (AvgIpc) is 1.59. The Morgan fingerprint density at radius 2 is 0.641 bits per heavy atom. The highest BCUT2D eigenvalue weighted by Gasteiger charge is 2.35. The molecule has 0 N–H and O–H groups in total. The standard InChI is InChI=1S/C77H33F3N12/c1-85-57-13-15-64(76(39-57)92-74-18-9-49(54-22-46(42-83)25-59(29-54)87-3)34-68(74)69-35-50(10-19-75(69)92)55-23-47(43-84)26-60(30-55)88-4)65-37-52(63-14-7-44(40-81)27-70(63)77(78,79)80)12-20-71(65)91-72-16-8-48(53-21-45(41-82)24-58(28-53)86-2)33-66(72)67-36-51(11-17-73(67)91)56-31-61(89-5)38-62(32-56)90-6/h7-39H. The van der Waals surface area contributed by atoms with Gasteiger partial charge < -0.3 is 9.13 Å². The fraction of sp³-hybridized carbons (Fsp3) is 0.0130. The van der Waals surface area contributed by atoms with Gasteiger partial charge in [-0.15, -0.1) is 0 Å². The molecule has 0 bridgehead atoms. The number of fused-ring (bicyclic) bond motifs is 6. The van der Waals surface area contributed by atoms with Crippen LogP contribution in [0.15, 0.2) is 200 Å². The van der Waals surface area contributed by atoms with Crippen molar-refractivity contribution in [1.29, 1.82) is 21.0 Å². The van der Waals surface area contributed by atoms with E-state index in [1.54, 1.807) is 84.9 Å². The Morgan fingerprint density at radius 3 is 1.02 bits per heavy atom. The van der Waals surface area contributed by atoms with Crippen LogP contribution in [0.25, 0.3) is 151 Å². The van der Waals surface area contributed by atoms with Gasteiger partial charge in [0.25, 0.3) is 0 Å². The van der Waals surface area contributed by atoms with Crippen molar-refractivity contribution in [3.05, 3.63) is 297 Å². The molecule has 0 fully saturated rings. The third kappa shape index (κ3) is 9.89. The maximum absolute atomic E-state index is 15.4. The van der Waals surface area contributed by atoms with Gasteiger partial charge in [0, 0.05) is 55.0 Å². The summed E-state index contributed by atoms with van der Waals surface area (Å²) in [5.41, 5.74) is 10.3. The molecule has 0 saturated heterocycles. The second kappa shape index (κ2) is 22.5. The molecule has 0 saturated carbocycles. The maximum Gasteiger partial charge on any atom is 0.417 e. The molecule has 2 heterocycles. The number of nitriles is 4. The van der Waals surface area contributed by atoms with E-state index in [2.05, 4.69) is 47.3 Å². The molecule has 0 aliphatic carbocycles. The van der Waals surface area contributed by atoms with Gasteiger partial charge in [-0.05, 0) is 189 Å². The van der Waals surface area contributed by atoms with E-state index in [0.717, 1.165) is 6.07 Å². The molecule has 0 radical (unpaired) electrons. The van der Waals surface area contributed by atoms with Crippen molar-refractivity contribution in [3.63, 3.8) is 0 Å². The Hall–Kier alpha value is -14.3. The second-order valence-corrected chi connectivity index (χ2v) is 21.5. The predicted molar refractivity (Wildman–Crippen MR) is 349 cm³/mol. The van der Waals surface area contributed by atoms with Crippen LogP contribution in [0.4, 0.5) is 47.3 Å². The third-order valence-electron chi connectivity index (χ3n) is 16.2. The summed E-state index contributed by atoms with van der Waals surface area (Å²) >= 11 is 0. The molecule has 0 amide bonds. The lowest BCUT2D eigenvalue weighted by Gasteiger charge is -2.21. The van der Waals surface area contributed by atoms with Crippen LogP contribution in [0.5, 0.6) is 0 Å². The first kappa shape index (κ1) is 56.8. The highest BCUT2D eigenvalue weighted by molar-refractivity contribution is 6.14. The number of benzene rings is 11. The van der Waals surface area contributed by atoms with Gasteiger partial charge in [-0.3, -0.25) is 0 Å². The lowest BCUT2D eigenvalue weighted by Crippen LogP contribution is -2.08. The van der Waals surface area contributed by atoms with E-state index in [9.17, 15) is 21.0 Å². The van der Waals surface area contributed by atoms with Crippen molar-refractivity contribution in [3.8, 4) is 102 Å². The van der Waals surface area contributed by atoms with E-state index in [0.29, 0.717) is 111 Å². The van der Waals surface area contributed by atoms with Gasteiger partial charge in [0.2, 0.25) is 0 Å². The summed E-state index contributed by atoms with van der Waals surface area (Å²) in [6.07, 6.45) is -4.90. The minimum absolute atomic E-state index is 0.141. The van der Waals surface area contributed by atoms with Crippen molar-refractivity contribution >= 4 is 77.7 Å². The molecule has 422 valence electrons. The molecule has 13 aromatic rings. The molecule has 0 aliphatic heterocycles. The van der Waals surface area contributed by atoms with Crippen molar-refractivity contribution in [2.45, 2.75) is 6.18 Å². The minimum atomic E-state index is -4.90. The monoisotopic (exact) mass is 1180 g/mol. The van der Waals surface area contributed by atoms with Crippen LogP contribution in [-0.2, 0) is 6.18 Å². The molecule has 92 heavy (non-hydrogen) atoms. The van der Waals surface area contributed by atoms with Gasteiger partial charge in [-0.25, -0.2) is 29.1 Å². The molecule has 2 aromatic heterocycles. The molecule has 15 heteroatoms. The number of rotatable bonds is 8. The smallest absolute Gasteiger partial charge is 0.310 e. The van der Waals surface area contributed by atoms with Crippen LogP contribution in [-0.4, -0.2) is 9.13 Å². The van der Waals surface area contributed by atoms with Gasteiger partial charge in [0.15, 0.2) is 34.1 Å². The van der Waals surface area contributed by atoms with Gasteiger partial charge in [0.05, 0.1) is 103 Å². The lowest BCUT2D eigenvalue weighted by molar-refractivity contribution is -0.137. The van der Waals surface area contributed by atoms with Gasteiger partial charge >= 0.3 is 6.18 Å². The Labute approximate surface area is 523 Å². The second-order valence-electron chi connectivity index (χ2n) is 21.5. The number of hydrogen-bond acceptors (Lipinski definition) is 4. The number of nitrogens with zero attached hydrogens (tertiary/aromatic N) is 12. The minimum Gasteiger partial charge on any atom is -0.310 e. The van der Waals surface area contributed by atoms with E-state index < -0.39 is 11.7 Å². The van der Waals surface area contributed by atoms with Crippen molar-refractivity contribution in [2.24, 2.45) is 0 Å². The van der Waals surface area contributed by atoms with Crippen LogP contribution in [0.3, 0.4) is 0 Å². The fourth-order valence-corrected chi connectivity index (χ4v) is 12.1. The normalized spacial score (nSPS) is 10.9. The zero-order chi connectivity index (χ0) is 64.1. The molecular weight excluding hydrogens is 1150 g/mol. The highest BCUT2D eigenvalue weighted by atomic mass is 19.4. The zero-order valence-electron chi connectivity index (χ0n) is 47.6. The first-order valence-electron chi connectivity index (χ1n) is 27.8. The number of halogens is 3. The van der Waals surface area contributed by atoms with Crippen LogP contribution >= 0.6 is 0 Å². The molecule has 13 rings (SSSR count). The molecule has 0 aliphatic rings. The summed E-state index contributed by atoms with van der Waals surface area (Å²) in [5, 5.41) is 42.7. The van der Waals surface area contributed by atoms with Gasteiger partial charge in [-0.2, -0.15) is 34.2 Å². The fourth-order valence-electron chi connectivity index (χ4n) is 12.1. The molecular formula is C77H33F3N12. The van der Waals surface area contributed by atoms with E-state index in [-0.39, 0.29) is 67.5 Å². The number of aromatic nitrogens is 2. The molecule has 0 unspecified atom stereocenters. The van der Waals surface area contributed by atoms with Crippen molar-refractivity contribution < 1.29 is 13.2 Å². The highest BCUT2D eigenvalue weighted by Crippen LogP contribution is 2.48. The van der Waals surface area contributed by atoms with E-state index in [1.807, 2.05) is 88.0 Å². The lowest BCUT2D eigenvalue weighted by atomic mass is 9.92. The summed E-state index contributed by atoms with van der Waals surface area (Å²) in [4.78, 5) is 22.1.